The predicted molar refractivity (Wildman–Crippen MR) is 88.6 cm³/mol. The average molecular weight is 347 g/mol. The zero-order valence-electron chi connectivity index (χ0n) is 13.1. The van der Waals surface area contributed by atoms with E-state index in [1.165, 1.54) is 42.1 Å². The molecule has 0 radical (unpaired) electrons. The van der Waals surface area contributed by atoms with Gasteiger partial charge < -0.3 is 14.4 Å². The molecule has 0 saturated heterocycles. The second-order valence-corrected chi connectivity index (χ2v) is 5.70. The maximum atomic E-state index is 12.7. The van der Waals surface area contributed by atoms with Crippen LogP contribution in [0.2, 0.25) is 5.02 Å². The second-order valence-electron chi connectivity index (χ2n) is 5.26. The molecule has 6 nitrogen and oxygen atoms in total. The van der Waals surface area contributed by atoms with Gasteiger partial charge in [0.1, 0.15) is 17.4 Å². The molecular formula is C17H15ClN2O4. The largest absolute Gasteiger partial charge is 0.507 e. The maximum Gasteiger partial charge on any atom is 0.268 e. The summed E-state index contributed by atoms with van der Waals surface area (Å²) in [7, 11) is 1.49. The van der Waals surface area contributed by atoms with Gasteiger partial charge in [0.05, 0.1) is 18.2 Å². The molecule has 1 aromatic carbocycles. The number of nitriles is 1. The predicted octanol–water partition coefficient (Wildman–Crippen LogP) is 2.52. The zero-order valence-corrected chi connectivity index (χ0v) is 13.9. The summed E-state index contributed by atoms with van der Waals surface area (Å²) in [4.78, 5) is 24.9. The van der Waals surface area contributed by atoms with Gasteiger partial charge in [-0.25, -0.2) is 0 Å². The van der Waals surface area contributed by atoms with Gasteiger partial charge in [-0.05, 0) is 31.2 Å². The summed E-state index contributed by atoms with van der Waals surface area (Å²) in [6.45, 7) is 1.97. The van der Waals surface area contributed by atoms with E-state index in [9.17, 15) is 14.7 Å². The number of nitrogens with zero attached hydrogens (tertiary/aromatic N) is 2. The molecule has 1 heterocycles. The number of ether oxygens (including phenoxy) is 1. The lowest BCUT2D eigenvalue weighted by atomic mass is 10.0. The molecule has 2 aromatic rings. The quantitative estimate of drug-likeness (QED) is 0.840. The molecule has 0 amide bonds. The van der Waals surface area contributed by atoms with Crippen LogP contribution in [-0.4, -0.2) is 29.2 Å². The number of phenols is 1. The highest BCUT2D eigenvalue weighted by atomic mass is 35.5. The van der Waals surface area contributed by atoms with Crippen LogP contribution >= 0.6 is 11.6 Å². The van der Waals surface area contributed by atoms with E-state index in [2.05, 4.69) is 0 Å². The van der Waals surface area contributed by atoms with E-state index < -0.39 is 11.3 Å². The zero-order chi connectivity index (χ0) is 17.9. The number of carbonyl (C=O) groups excluding carboxylic acids is 1. The highest BCUT2D eigenvalue weighted by molar-refractivity contribution is 6.31. The molecule has 1 atom stereocenters. The van der Waals surface area contributed by atoms with Gasteiger partial charge in [-0.2, -0.15) is 5.26 Å². The number of hydrogen-bond donors (Lipinski definition) is 1. The summed E-state index contributed by atoms with van der Waals surface area (Å²) >= 11 is 5.87. The van der Waals surface area contributed by atoms with Crippen LogP contribution in [0.3, 0.4) is 0 Å². The van der Waals surface area contributed by atoms with Crippen LogP contribution in [-0.2, 0) is 4.74 Å². The minimum Gasteiger partial charge on any atom is -0.507 e. The Bertz CT molecular complexity index is 883. The van der Waals surface area contributed by atoms with Gasteiger partial charge in [0.15, 0.2) is 5.78 Å². The maximum absolute atomic E-state index is 12.7. The molecule has 0 aliphatic heterocycles. The Morgan fingerprint density at radius 2 is 2.17 bits per heavy atom. The number of ketones is 1. The highest BCUT2D eigenvalue weighted by Gasteiger charge is 2.19. The molecule has 2 rings (SSSR count). The van der Waals surface area contributed by atoms with Crippen molar-refractivity contribution in [2.75, 3.05) is 13.7 Å². The van der Waals surface area contributed by atoms with Crippen molar-refractivity contribution in [3.05, 3.63) is 62.5 Å². The summed E-state index contributed by atoms with van der Waals surface area (Å²) in [5.41, 5.74) is -0.568. The number of rotatable bonds is 5. The van der Waals surface area contributed by atoms with Crippen molar-refractivity contribution < 1.29 is 14.6 Å². The van der Waals surface area contributed by atoms with Crippen molar-refractivity contribution in [1.82, 2.24) is 4.57 Å². The molecule has 7 heteroatoms. The normalized spacial score (nSPS) is 11.8. The van der Waals surface area contributed by atoms with E-state index in [1.54, 1.807) is 13.0 Å². The number of methoxy groups -OCH3 is 1. The molecule has 0 saturated carbocycles. The van der Waals surface area contributed by atoms with Crippen molar-refractivity contribution in [2.45, 2.75) is 13.0 Å². The lowest BCUT2D eigenvalue weighted by Gasteiger charge is -2.16. The van der Waals surface area contributed by atoms with Crippen LogP contribution in [0.1, 0.15) is 34.5 Å². The highest BCUT2D eigenvalue weighted by Crippen LogP contribution is 2.24. The van der Waals surface area contributed by atoms with Gasteiger partial charge in [0, 0.05) is 23.9 Å². The number of carbonyl (C=O) groups is 1. The first kappa shape index (κ1) is 17.7. The number of hydrogen-bond acceptors (Lipinski definition) is 5. The summed E-state index contributed by atoms with van der Waals surface area (Å²) < 4.78 is 6.30. The van der Waals surface area contributed by atoms with Crippen LogP contribution in [0.15, 0.2) is 35.3 Å². The van der Waals surface area contributed by atoms with Crippen molar-refractivity contribution in [2.24, 2.45) is 0 Å². The van der Waals surface area contributed by atoms with E-state index in [0.29, 0.717) is 0 Å². The van der Waals surface area contributed by atoms with Gasteiger partial charge in [0.2, 0.25) is 0 Å². The standard InChI is InChI=1S/C17H15ClN2O4/c1-10(9-24-2)20-8-12(5-11(7-19)17(20)23)16(22)14-6-13(18)3-4-15(14)21/h3-6,8,10,21H,9H2,1-2H3. The van der Waals surface area contributed by atoms with Crippen LogP contribution < -0.4 is 5.56 Å². The monoisotopic (exact) mass is 346 g/mol. The number of phenolic OH excluding ortho intramolecular Hbond substituents is 1. The van der Waals surface area contributed by atoms with Crippen molar-refractivity contribution in [3.63, 3.8) is 0 Å². The summed E-state index contributed by atoms with van der Waals surface area (Å²) in [5.74, 6) is -0.768. The summed E-state index contributed by atoms with van der Waals surface area (Å²) in [6.07, 6.45) is 1.36. The Labute approximate surface area is 143 Å². The van der Waals surface area contributed by atoms with Crippen molar-refractivity contribution in [1.29, 1.82) is 5.26 Å². The summed E-state index contributed by atoms with van der Waals surface area (Å²) in [5, 5.41) is 19.3. The van der Waals surface area contributed by atoms with Crippen LogP contribution in [0.4, 0.5) is 0 Å². The molecule has 0 fully saturated rings. The fraction of sp³-hybridized carbons (Fsp3) is 0.235. The minimum absolute atomic E-state index is 0.00372. The topological polar surface area (TPSA) is 92.3 Å². The SMILES string of the molecule is COCC(C)n1cc(C(=O)c2cc(Cl)ccc2O)cc(C#N)c1=O. The molecular weight excluding hydrogens is 332 g/mol. The number of aromatic hydroxyl groups is 1. The van der Waals surface area contributed by atoms with Crippen molar-refractivity contribution in [3.8, 4) is 11.8 Å². The number of pyridine rings is 1. The smallest absolute Gasteiger partial charge is 0.268 e. The minimum atomic E-state index is -0.537. The molecule has 0 bridgehead atoms. The lowest BCUT2D eigenvalue weighted by Crippen LogP contribution is -2.28. The van der Waals surface area contributed by atoms with Gasteiger partial charge in [-0.1, -0.05) is 11.6 Å². The van der Waals surface area contributed by atoms with Crippen LogP contribution in [0, 0.1) is 11.3 Å². The van der Waals surface area contributed by atoms with E-state index in [-0.39, 0.29) is 40.1 Å². The molecule has 24 heavy (non-hydrogen) atoms. The first-order valence-electron chi connectivity index (χ1n) is 7.07. The Balaban J connectivity index is 2.60. The third kappa shape index (κ3) is 3.48. The van der Waals surface area contributed by atoms with E-state index >= 15 is 0 Å². The Morgan fingerprint density at radius 3 is 2.79 bits per heavy atom. The lowest BCUT2D eigenvalue weighted by molar-refractivity contribution is 0.103. The number of halogens is 1. The third-order valence-corrected chi connectivity index (χ3v) is 3.75. The molecule has 0 spiro atoms. The second kappa shape index (κ2) is 7.30. The molecule has 1 N–H and O–H groups in total. The Kier molecular flexibility index (Phi) is 5.39. The van der Waals surface area contributed by atoms with Gasteiger partial charge >= 0.3 is 0 Å². The fourth-order valence-corrected chi connectivity index (χ4v) is 2.47. The number of aromatic nitrogens is 1. The first-order chi connectivity index (χ1) is 11.4. The van der Waals surface area contributed by atoms with Gasteiger partial charge in [-0.15, -0.1) is 0 Å². The van der Waals surface area contributed by atoms with E-state index in [4.69, 9.17) is 21.6 Å². The molecule has 124 valence electrons. The number of benzene rings is 1. The molecule has 0 aliphatic carbocycles. The van der Waals surface area contributed by atoms with Crippen LogP contribution in [0.25, 0.3) is 0 Å². The first-order valence-corrected chi connectivity index (χ1v) is 7.45. The Hall–Kier alpha value is -2.62. The molecule has 0 aliphatic rings. The molecule has 1 unspecified atom stereocenters. The van der Waals surface area contributed by atoms with Crippen LogP contribution in [0.5, 0.6) is 5.75 Å². The van der Waals surface area contributed by atoms with E-state index in [0.717, 1.165) is 0 Å². The van der Waals surface area contributed by atoms with E-state index in [1.807, 2.05) is 0 Å². The van der Waals surface area contributed by atoms with Crippen molar-refractivity contribution >= 4 is 17.4 Å². The van der Waals surface area contributed by atoms with Gasteiger partial charge in [0.25, 0.3) is 5.56 Å². The summed E-state index contributed by atoms with van der Waals surface area (Å²) in [6, 6.07) is 6.73. The van der Waals surface area contributed by atoms with Gasteiger partial charge in [-0.3, -0.25) is 9.59 Å². The third-order valence-electron chi connectivity index (χ3n) is 3.51. The Morgan fingerprint density at radius 1 is 1.46 bits per heavy atom. The molecule has 1 aromatic heterocycles. The fourth-order valence-electron chi connectivity index (χ4n) is 2.30. The average Bonchev–Trinajstić information content (AvgIpc) is 2.56.